The van der Waals surface area contributed by atoms with E-state index in [0.717, 1.165) is 16.7 Å². The molecule has 0 aromatic heterocycles. The van der Waals surface area contributed by atoms with E-state index in [2.05, 4.69) is 15.2 Å². The second-order valence-corrected chi connectivity index (χ2v) is 13.0. The molecule has 11 heteroatoms. The summed E-state index contributed by atoms with van der Waals surface area (Å²) in [5.41, 5.74) is 6.17. The molecule has 0 spiro atoms. The van der Waals surface area contributed by atoms with Gasteiger partial charge in [-0.1, -0.05) is 77.9 Å². The van der Waals surface area contributed by atoms with Crippen molar-refractivity contribution in [2.75, 3.05) is 0 Å². The number of nitrogens with one attached hydrogen (secondary N) is 2. The maximum Gasteiger partial charge on any atom is 0.339 e. The number of carbonyl (C=O) groups excluding carboxylic acids is 1. The summed E-state index contributed by atoms with van der Waals surface area (Å²) in [5, 5.41) is 4.16. The predicted molar refractivity (Wildman–Crippen MR) is 161 cm³/mol. The molecule has 0 fully saturated rings. The number of nitrogens with zero attached hydrogens (tertiary/aromatic N) is 1. The fourth-order valence-corrected chi connectivity index (χ4v) is 6.04. The van der Waals surface area contributed by atoms with Crippen LogP contribution in [0.2, 0.25) is 0 Å². The van der Waals surface area contributed by atoms with E-state index in [1.165, 1.54) is 36.4 Å². The van der Waals surface area contributed by atoms with Gasteiger partial charge < -0.3 is 4.18 Å². The van der Waals surface area contributed by atoms with Crippen LogP contribution >= 0.6 is 0 Å². The monoisotopic (exact) mass is 605 g/mol. The second kappa shape index (κ2) is 13.1. The third-order valence-corrected chi connectivity index (χ3v) is 9.10. The number of aryl methyl sites for hydroxylation is 2. The molecule has 218 valence electrons. The molecule has 0 saturated heterocycles. The second-order valence-electron chi connectivity index (χ2n) is 9.72. The highest BCUT2D eigenvalue weighted by Gasteiger charge is 2.26. The van der Waals surface area contributed by atoms with Gasteiger partial charge in [0.2, 0.25) is 10.0 Å². The van der Waals surface area contributed by atoms with Gasteiger partial charge in [-0.15, -0.1) is 0 Å². The smallest absolute Gasteiger partial charge is 0.339 e. The van der Waals surface area contributed by atoms with Crippen molar-refractivity contribution in [3.63, 3.8) is 0 Å². The molecule has 1 unspecified atom stereocenters. The minimum absolute atomic E-state index is 0.0138. The van der Waals surface area contributed by atoms with E-state index < -0.39 is 32.1 Å². The van der Waals surface area contributed by atoms with Gasteiger partial charge in [0.25, 0.3) is 5.91 Å². The largest absolute Gasteiger partial charge is 0.379 e. The first-order valence-corrected chi connectivity index (χ1v) is 15.9. The molecule has 1 atom stereocenters. The topological polar surface area (TPSA) is 131 Å². The Labute approximate surface area is 246 Å². The zero-order valence-corrected chi connectivity index (χ0v) is 24.9. The Balaban J connectivity index is 1.54. The van der Waals surface area contributed by atoms with Crippen molar-refractivity contribution >= 4 is 31.8 Å². The van der Waals surface area contributed by atoms with E-state index in [0.29, 0.717) is 11.3 Å². The molecule has 0 heterocycles. The number of amides is 1. The van der Waals surface area contributed by atoms with Crippen LogP contribution in [0.25, 0.3) is 0 Å². The van der Waals surface area contributed by atoms with Crippen LogP contribution in [0.1, 0.15) is 29.2 Å². The molecule has 9 nitrogen and oxygen atoms in total. The van der Waals surface area contributed by atoms with Gasteiger partial charge >= 0.3 is 10.1 Å². The predicted octanol–water partition coefficient (Wildman–Crippen LogP) is 4.50. The molecule has 0 aliphatic carbocycles. The molecule has 0 saturated carbocycles. The summed E-state index contributed by atoms with van der Waals surface area (Å²) in [7, 11) is -8.11. The maximum atomic E-state index is 13.2. The number of sulfonamides is 1. The van der Waals surface area contributed by atoms with E-state index in [4.69, 9.17) is 4.18 Å². The Morgan fingerprint density at radius 3 is 1.88 bits per heavy atom. The van der Waals surface area contributed by atoms with Gasteiger partial charge in [0.15, 0.2) is 0 Å². The van der Waals surface area contributed by atoms with Crippen molar-refractivity contribution in [2.45, 2.75) is 43.0 Å². The van der Waals surface area contributed by atoms with Crippen LogP contribution in [0, 0.1) is 13.8 Å². The van der Waals surface area contributed by atoms with E-state index in [1.54, 1.807) is 43.3 Å². The van der Waals surface area contributed by atoms with Gasteiger partial charge in [-0.2, -0.15) is 18.2 Å². The standard InChI is InChI=1S/C31H31N3O6S2/c1-22-9-17-28(18-10-22)41(36,37)34-30(31(35)33-32-24(3)26-7-5-4-6-8-26)21-25-13-15-27(16-14-25)40-42(38,39)29-19-11-23(2)12-20-29/h4-20,30,34H,21H2,1-3H3,(H,33,35). The zero-order valence-electron chi connectivity index (χ0n) is 23.3. The number of benzene rings is 4. The molecule has 1 amide bonds. The van der Waals surface area contributed by atoms with Crippen molar-refractivity contribution in [1.82, 2.24) is 10.1 Å². The van der Waals surface area contributed by atoms with Crippen LogP contribution in [0.3, 0.4) is 0 Å². The number of rotatable bonds is 11. The number of hydrazone groups is 1. The van der Waals surface area contributed by atoms with E-state index in [9.17, 15) is 21.6 Å². The molecule has 0 bridgehead atoms. The molecule has 4 aromatic rings. The molecular formula is C31H31N3O6S2. The summed E-state index contributed by atoms with van der Waals surface area (Å²) in [4.78, 5) is 13.3. The van der Waals surface area contributed by atoms with Crippen molar-refractivity contribution in [3.8, 4) is 5.75 Å². The molecule has 2 N–H and O–H groups in total. The summed E-state index contributed by atoms with van der Waals surface area (Å²) >= 11 is 0. The molecule has 4 aromatic carbocycles. The van der Waals surface area contributed by atoms with Gasteiger partial charge in [-0.25, -0.2) is 13.8 Å². The Kier molecular flexibility index (Phi) is 9.56. The Morgan fingerprint density at radius 2 is 1.31 bits per heavy atom. The van der Waals surface area contributed by atoms with Crippen LogP contribution in [0.15, 0.2) is 118 Å². The summed E-state index contributed by atoms with van der Waals surface area (Å²) in [6.45, 7) is 5.41. The van der Waals surface area contributed by atoms with Crippen molar-refractivity contribution < 1.29 is 25.8 Å². The zero-order chi connectivity index (χ0) is 30.3. The fourth-order valence-electron chi connectivity index (χ4n) is 3.92. The van der Waals surface area contributed by atoms with E-state index >= 15 is 0 Å². The lowest BCUT2D eigenvalue weighted by atomic mass is 10.1. The molecule has 4 rings (SSSR count). The van der Waals surface area contributed by atoms with Gasteiger partial charge in [0, 0.05) is 0 Å². The molecule has 42 heavy (non-hydrogen) atoms. The third-order valence-electron chi connectivity index (χ3n) is 6.35. The average molecular weight is 606 g/mol. The van der Waals surface area contributed by atoms with Crippen LogP contribution in [-0.4, -0.2) is 34.5 Å². The quantitative estimate of drug-likeness (QED) is 0.147. The normalized spacial score (nSPS) is 12.9. The highest BCUT2D eigenvalue weighted by molar-refractivity contribution is 7.89. The van der Waals surface area contributed by atoms with Gasteiger partial charge in [-0.05, 0) is 74.7 Å². The van der Waals surface area contributed by atoms with Crippen LogP contribution in [-0.2, 0) is 31.4 Å². The summed E-state index contributed by atoms with van der Waals surface area (Å²) in [6.07, 6.45) is -0.0399. The minimum atomic E-state index is -4.06. The fraction of sp³-hybridized carbons (Fsp3) is 0.161. The Hall–Kier alpha value is -4.32. The minimum Gasteiger partial charge on any atom is -0.379 e. The maximum absolute atomic E-state index is 13.2. The Morgan fingerprint density at radius 1 is 0.762 bits per heavy atom. The summed E-state index contributed by atoms with van der Waals surface area (Å²) < 4.78 is 59.3. The summed E-state index contributed by atoms with van der Waals surface area (Å²) in [5.74, 6) is -0.591. The van der Waals surface area contributed by atoms with Crippen molar-refractivity contribution in [1.29, 1.82) is 0 Å². The first kappa shape index (κ1) is 30.6. The molecule has 0 aliphatic rings. The highest BCUT2D eigenvalue weighted by Crippen LogP contribution is 2.21. The van der Waals surface area contributed by atoms with Gasteiger partial charge in [0.05, 0.1) is 10.6 Å². The lowest BCUT2D eigenvalue weighted by Crippen LogP contribution is -2.46. The van der Waals surface area contributed by atoms with Gasteiger partial charge in [0.1, 0.15) is 16.7 Å². The summed E-state index contributed by atoms with van der Waals surface area (Å²) in [6, 6.07) is 26.6. The van der Waals surface area contributed by atoms with E-state index in [-0.39, 0.29) is 22.0 Å². The Bertz CT molecular complexity index is 1770. The first-order valence-electron chi connectivity index (χ1n) is 13.0. The van der Waals surface area contributed by atoms with Gasteiger partial charge in [-0.3, -0.25) is 4.79 Å². The van der Waals surface area contributed by atoms with Crippen LogP contribution in [0.5, 0.6) is 5.75 Å². The third kappa shape index (κ3) is 8.12. The first-order chi connectivity index (χ1) is 19.9. The SMILES string of the molecule is CC(=NNC(=O)C(Cc1ccc(OS(=O)(=O)c2ccc(C)cc2)cc1)NS(=O)(=O)c1ccc(C)cc1)c1ccccc1. The van der Waals surface area contributed by atoms with E-state index in [1.807, 2.05) is 44.2 Å². The number of hydrogen-bond donors (Lipinski definition) is 2. The average Bonchev–Trinajstić information content (AvgIpc) is 2.97. The molecule has 0 aliphatic heterocycles. The van der Waals surface area contributed by atoms with Crippen LogP contribution < -0.4 is 14.3 Å². The molecular weight excluding hydrogens is 574 g/mol. The lowest BCUT2D eigenvalue weighted by Gasteiger charge is -2.18. The van der Waals surface area contributed by atoms with Crippen LogP contribution in [0.4, 0.5) is 0 Å². The number of carbonyl (C=O) groups is 1. The molecule has 0 radical (unpaired) electrons. The van der Waals surface area contributed by atoms with Crippen molar-refractivity contribution in [3.05, 3.63) is 125 Å². The van der Waals surface area contributed by atoms with Crippen molar-refractivity contribution in [2.24, 2.45) is 5.10 Å². The highest BCUT2D eigenvalue weighted by atomic mass is 32.2. The number of hydrogen-bond acceptors (Lipinski definition) is 7. The lowest BCUT2D eigenvalue weighted by molar-refractivity contribution is -0.122.